The Hall–Kier alpha value is -3.12. The maximum Gasteiger partial charge on any atom is 0.330 e. The molecule has 4 rings (SSSR count). The van der Waals surface area contributed by atoms with Crippen molar-refractivity contribution in [1.82, 2.24) is 20.2 Å². The standard InChI is InChI=1S/C39H64N4O16/c1-20(2)14-12-10-8-6-4-5-7-9-11-13-15-25(47)41-28-32(52)29(49)23(56-38(28)59-37-27(40-21(3)45)31(51)30(50)24(19-44)57-37)18-22(46)35-33(53)34(54)36(58-35)43-17-16-26(48)42-39(43)55/h13,15-17,20,22-24,27-38,44,46,49-54H,4-12,14,18-19H2,1-3H3,(H,40,45)(H,41,47)(H,42,48,55)/b15-13+/t22?,23?,24-,27-,28-,29+,30-,31-,32-,33+,34-,35-,36-,37-,38+/m1/s1. The highest BCUT2D eigenvalue weighted by Crippen LogP contribution is 2.34. The molecule has 4 heterocycles. The number of nitrogens with zero attached hydrogens (tertiary/aromatic N) is 1. The summed E-state index contributed by atoms with van der Waals surface area (Å²) < 4.78 is 24.1. The van der Waals surface area contributed by atoms with Gasteiger partial charge < -0.3 is 70.4 Å². The minimum atomic E-state index is -1.85. The van der Waals surface area contributed by atoms with E-state index in [1.807, 2.05) is 4.98 Å². The molecule has 336 valence electrons. The molecule has 3 aliphatic rings. The maximum atomic E-state index is 13.1. The quantitative estimate of drug-likeness (QED) is 0.0467. The highest BCUT2D eigenvalue weighted by molar-refractivity contribution is 5.87. The fourth-order valence-corrected chi connectivity index (χ4v) is 7.63. The number of carbonyl (C=O) groups excluding carboxylic acids is 2. The molecule has 20 heteroatoms. The average molecular weight is 845 g/mol. The summed E-state index contributed by atoms with van der Waals surface area (Å²) in [5.41, 5.74) is -1.68. The Labute approximate surface area is 342 Å². The molecule has 0 saturated carbocycles. The van der Waals surface area contributed by atoms with Gasteiger partial charge in [-0.15, -0.1) is 0 Å². The molecule has 0 aromatic carbocycles. The summed E-state index contributed by atoms with van der Waals surface area (Å²) >= 11 is 0. The number of nitrogens with one attached hydrogen (secondary N) is 3. The van der Waals surface area contributed by atoms with Crippen LogP contribution in [0, 0.1) is 5.92 Å². The monoisotopic (exact) mass is 844 g/mol. The third-order valence-corrected chi connectivity index (χ3v) is 11.0. The Morgan fingerprint density at radius 2 is 1.39 bits per heavy atom. The number of aliphatic hydroxyl groups excluding tert-OH is 8. The lowest BCUT2D eigenvalue weighted by Crippen LogP contribution is -2.68. The predicted molar refractivity (Wildman–Crippen MR) is 207 cm³/mol. The van der Waals surface area contributed by atoms with Crippen LogP contribution in [0.2, 0.25) is 0 Å². The van der Waals surface area contributed by atoms with E-state index >= 15 is 0 Å². The molecule has 3 aliphatic heterocycles. The van der Waals surface area contributed by atoms with Crippen molar-refractivity contribution in [2.45, 2.75) is 183 Å². The number of H-pyrrole nitrogens is 1. The van der Waals surface area contributed by atoms with Crippen LogP contribution in [0.1, 0.15) is 97.6 Å². The Kier molecular flexibility index (Phi) is 19.1. The molecule has 11 N–H and O–H groups in total. The van der Waals surface area contributed by atoms with Gasteiger partial charge in [0.25, 0.3) is 5.56 Å². The minimum absolute atomic E-state index is 0.597. The van der Waals surface area contributed by atoms with Crippen molar-refractivity contribution in [2.75, 3.05) is 6.61 Å². The van der Waals surface area contributed by atoms with Crippen molar-refractivity contribution in [3.8, 4) is 0 Å². The van der Waals surface area contributed by atoms with Crippen LogP contribution in [0.4, 0.5) is 0 Å². The van der Waals surface area contributed by atoms with Crippen molar-refractivity contribution in [3.05, 3.63) is 45.3 Å². The predicted octanol–water partition coefficient (Wildman–Crippen LogP) is -2.09. The molecule has 0 bridgehead atoms. The number of aliphatic hydroxyl groups is 8. The van der Waals surface area contributed by atoms with Crippen LogP contribution in [0.25, 0.3) is 0 Å². The Balaban J connectivity index is 1.44. The molecule has 59 heavy (non-hydrogen) atoms. The smallest absolute Gasteiger partial charge is 0.330 e. The number of unbranched alkanes of at least 4 members (excludes halogenated alkanes) is 8. The third-order valence-electron chi connectivity index (χ3n) is 11.0. The molecule has 2 amide bonds. The summed E-state index contributed by atoms with van der Waals surface area (Å²) in [6, 6.07) is -2.01. The number of aromatic amines is 1. The number of allylic oxidation sites excluding steroid dienone is 1. The van der Waals surface area contributed by atoms with E-state index in [1.165, 1.54) is 38.2 Å². The number of ether oxygens (including phenoxy) is 4. The van der Waals surface area contributed by atoms with Gasteiger partial charge in [0.05, 0.1) is 18.8 Å². The number of hydrogen-bond acceptors (Lipinski definition) is 16. The maximum absolute atomic E-state index is 13.1. The zero-order valence-electron chi connectivity index (χ0n) is 33.8. The Morgan fingerprint density at radius 3 is 1.98 bits per heavy atom. The summed E-state index contributed by atoms with van der Waals surface area (Å²) in [4.78, 5) is 51.1. The second kappa shape index (κ2) is 23.2. The molecule has 1 aromatic rings. The SMILES string of the molecule is CC(=O)N[C@H]1[C@@H](O[C@@H]2OC(CC(O)[C@H]3O[C@@H](n4ccc(=O)[nH]c4=O)[C@H](O)[C@@H]3O)[C@H](O)[C@H](O)[C@H]2NC(=O)/C=C/CCCCCCCCCCC(C)C)O[C@H](CO)[C@@H](O)[C@@H]1O. The van der Waals surface area contributed by atoms with E-state index in [0.29, 0.717) is 6.42 Å². The second-order valence-electron chi connectivity index (χ2n) is 16.1. The van der Waals surface area contributed by atoms with Crippen molar-refractivity contribution in [3.63, 3.8) is 0 Å². The second-order valence-corrected chi connectivity index (χ2v) is 16.1. The summed E-state index contributed by atoms with van der Waals surface area (Å²) in [5, 5.41) is 91.4. The zero-order valence-corrected chi connectivity index (χ0v) is 33.8. The number of aromatic nitrogens is 2. The normalized spacial score (nSPS) is 34.3. The van der Waals surface area contributed by atoms with Crippen LogP contribution in [0.5, 0.6) is 0 Å². The molecule has 15 atom stereocenters. The molecule has 3 fully saturated rings. The molecule has 2 unspecified atom stereocenters. The molecule has 3 saturated heterocycles. The fraction of sp³-hybridized carbons (Fsp3) is 0.795. The van der Waals surface area contributed by atoms with Crippen molar-refractivity contribution < 1.29 is 69.4 Å². The van der Waals surface area contributed by atoms with Crippen molar-refractivity contribution >= 4 is 11.8 Å². The van der Waals surface area contributed by atoms with Gasteiger partial charge in [0, 0.05) is 25.6 Å². The molecule has 0 radical (unpaired) electrons. The minimum Gasteiger partial charge on any atom is -0.394 e. The van der Waals surface area contributed by atoms with Crippen LogP contribution in [0.3, 0.4) is 0 Å². The fourth-order valence-electron chi connectivity index (χ4n) is 7.63. The summed E-state index contributed by atoms with van der Waals surface area (Å²) in [6.07, 6.45) is -7.65. The molecule has 0 spiro atoms. The number of hydrogen-bond donors (Lipinski definition) is 11. The Morgan fingerprint density at radius 1 is 0.814 bits per heavy atom. The lowest BCUT2D eigenvalue weighted by molar-refractivity contribution is -0.346. The van der Waals surface area contributed by atoms with E-state index in [2.05, 4.69) is 24.5 Å². The number of carbonyl (C=O) groups is 2. The molecular weight excluding hydrogens is 780 g/mol. The lowest BCUT2D eigenvalue weighted by Gasteiger charge is -2.47. The largest absolute Gasteiger partial charge is 0.394 e. The molecule has 20 nitrogen and oxygen atoms in total. The van der Waals surface area contributed by atoms with E-state index in [-0.39, 0.29) is 0 Å². The number of rotatable bonds is 21. The first-order valence-corrected chi connectivity index (χ1v) is 20.6. The highest BCUT2D eigenvalue weighted by Gasteiger charge is 2.53. The molecular formula is C39H64N4O16. The van der Waals surface area contributed by atoms with Crippen LogP contribution >= 0.6 is 0 Å². The summed E-state index contributed by atoms with van der Waals surface area (Å²) in [7, 11) is 0. The van der Waals surface area contributed by atoms with Gasteiger partial charge in [-0.2, -0.15) is 0 Å². The summed E-state index contributed by atoms with van der Waals surface area (Å²) in [6.45, 7) is 4.81. The van der Waals surface area contributed by atoms with Gasteiger partial charge in [0.1, 0.15) is 60.9 Å². The highest BCUT2D eigenvalue weighted by atomic mass is 16.8. The lowest BCUT2D eigenvalue weighted by atomic mass is 9.91. The van der Waals surface area contributed by atoms with Gasteiger partial charge in [-0.3, -0.25) is 23.9 Å². The van der Waals surface area contributed by atoms with Crippen LogP contribution < -0.4 is 21.9 Å². The van der Waals surface area contributed by atoms with Gasteiger partial charge >= 0.3 is 5.69 Å². The van der Waals surface area contributed by atoms with Crippen LogP contribution in [-0.2, 0) is 28.5 Å². The van der Waals surface area contributed by atoms with Crippen molar-refractivity contribution in [1.29, 1.82) is 0 Å². The average Bonchev–Trinajstić information content (AvgIpc) is 3.47. The van der Waals surface area contributed by atoms with Crippen LogP contribution in [0.15, 0.2) is 34.0 Å². The Bertz CT molecular complexity index is 1610. The third kappa shape index (κ3) is 13.4. The van der Waals surface area contributed by atoms with Gasteiger partial charge in [0.15, 0.2) is 18.8 Å². The van der Waals surface area contributed by atoms with E-state index in [9.17, 15) is 60.0 Å². The van der Waals surface area contributed by atoms with E-state index in [0.717, 1.165) is 55.4 Å². The zero-order chi connectivity index (χ0) is 43.4. The summed E-state index contributed by atoms with van der Waals surface area (Å²) in [5.74, 6) is -0.621. The van der Waals surface area contributed by atoms with Crippen molar-refractivity contribution in [2.24, 2.45) is 5.92 Å². The van der Waals surface area contributed by atoms with E-state index < -0.39 is 128 Å². The van der Waals surface area contributed by atoms with E-state index in [1.54, 1.807) is 6.08 Å². The van der Waals surface area contributed by atoms with Gasteiger partial charge in [-0.05, 0) is 24.8 Å². The van der Waals surface area contributed by atoms with Gasteiger partial charge in [0.2, 0.25) is 11.8 Å². The topological polar surface area (TPSA) is 312 Å². The molecule has 0 aliphatic carbocycles. The number of amides is 2. The van der Waals surface area contributed by atoms with Gasteiger partial charge in [-0.1, -0.05) is 71.3 Å². The first-order chi connectivity index (χ1) is 28.0. The van der Waals surface area contributed by atoms with Gasteiger partial charge in [-0.25, -0.2) is 4.79 Å². The van der Waals surface area contributed by atoms with Crippen LogP contribution in [-0.4, -0.2) is 155 Å². The molecule has 1 aromatic heterocycles. The first-order valence-electron chi connectivity index (χ1n) is 20.6. The van der Waals surface area contributed by atoms with E-state index in [4.69, 9.17) is 18.9 Å². The first kappa shape index (κ1) is 48.5.